The van der Waals surface area contributed by atoms with Crippen LogP contribution in [0.1, 0.15) is 13.8 Å². The third-order valence-electron chi connectivity index (χ3n) is 5.37. The molecule has 0 atom stereocenters. The molecule has 2 aromatic heterocycles. The minimum atomic E-state index is -0.502. The number of benzene rings is 2. The summed E-state index contributed by atoms with van der Waals surface area (Å²) in [5, 5.41) is 19.2. The number of aliphatic hydroxyl groups is 2. The second-order valence-electron chi connectivity index (χ2n) is 7.46. The smallest absolute Gasteiger partial charge is 0.349 e. The Labute approximate surface area is 195 Å². The van der Waals surface area contributed by atoms with Crippen LogP contribution in [0.2, 0.25) is 0 Å². The minimum absolute atomic E-state index is 0.00411. The highest BCUT2D eigenvalue weighted by atomic mass is 32.2. The number of hydrogen-bond donors (Lipinski definition) is 2. The van der Waals surface area contributed by atoms with Crippen molar-refractivity contribution in [1.29, 1.82) is 0 Å². The molecule has 4 aromatic rings. The number of hydrogen-bond acceptors (Lipinski definition) is 9. The molecule has 0 amide bonds. The second-order valence-corrected chi connectivity index (χ2v) is 8.63. The average molecular weight is 470 g/mol. The molecule has 0 unspecified atom stereocenters. The van der Waals surface area contributed by atoms with Crippen molar-refractivity contribution in [3.05, 3.63) is 52.9 Å². The molecule has 174 valence electrons. The number of oxazole rings is 1. The Morgan fingerprint density at radius 1 is 0.939 bits per heavy atom. The fourth-order valence-electron chi connectivity index (χ4n) is 3.69. The van der Waals surface area contributed by atoms with Gasteiger partial charge in [-0.2, -0.15) is 0 Å². The van der Waals surface area contributed by atoms with E-state index in [9.17, 15) is 15.0 Å². The molecule has 0 fully saturated rings. The highest BCUT2D eigenvalue weighted by Crippen LogP contribution is 2.30. The van der Waals surface area contributed by atoms with Crippen molar-refractivity contribution < 1.29 is 19.0 Å². The van der Waals surface area contributed by atoms with Crippen LogP contribution < -0.4 is 10.5 Å². The quantitative estimate of drug-likeness (QED) is 0.265. The van der Waals surface area contributed by atoms with Gasteiger partial charge in [0.2, 0.25) is 5.89 Å². The molecular formula is C24H27N3O5S. The molecule has 8 nitrogen and oxygen atoms in total. The Morgan fingerprint density at radius 2 is 1.70 bits per heavy atom. The topological polar surface area (TPSA) is 103 Å². The number of aromatic nitrogens is 1. The van der Waals surface area contributed by atoms with Crippen molar-refractivity contribution in [1.82, 2.24) is 9.29 Å². The van der Waals surface area contributed by atoms with Crippen LogP contribution in [0, 0.1) is 0 Å². The number of fused-ring (bicyclic) bond motifs is 2. The first kappa shape index (κ1) is 23.3. The van der Waals surface area contributed by atoms with Crippen LogP contribution >= 0.6 is 11.9 Å². The maximum Gasteiger partial charge on any atom is 0.349 e. The van der Waals surface area contributed by atoms with Crippen molar-refractivity contribution in [2.75, 3.05) is 44.3 Å². The van der Waals surface area contributed by atoms with Crippen LogP contribution in [0.5, 0.6) is 0 Å². The molecule has 0 radical (unpaired) electrons. The van der Waals surface area contributed by atoms with E-state index in [-0.39, 0.29) is 24.7 Å². The number of rotatable bonds is 10. The maximum atomic E-state index is 12.7. The van der Waals surface area contributed by atoms with E-state index in [1.807, 2.05) is 40.7 Å². The predicted molar refractivity (Wildman–Crippen MR) is 131 cm³/mol. The lowest BCUT2D eigenvalue weighted by molar-refractivity contribution is 0.226. The van der Waals surface area contributed by atoms with E-state index in [2.05, 4.69) is 23.7 Å². The van der Waals surface area contributed by atoms with Gasteiger partial charge in [-0.3, -0.25) is 0 Å². The summed E-state index contributed by atoms with van der Waals surface area (Å²) in [6.45, 7) is 6.75. The number of aliphatic hydroxyl groups excluding tert-OH is 2. The molecule has 0 saturated heterocycles. The fraction of sp³-hybridized carbons (Fsp3) is 0.333. The van der Waals surface area contributed by atoms with Crippen molar-refractivity contribution in [2.24, 2.45) is 0 Å². The molecule has 2 aromatic carbocycles. The zero-order valence-electron chi connectivity index (χ0n) is 18.7. The van der Waals surface area contributed by atoms with Crippen molar-refractivity contribution in [3.63, 3.8) is 0 Å². The number of nitrogens with zero attached hydrogens (tertiary/aromatic N) is 3. The van der Waals surface area contributed by atoms with Crippen LogP contribution in [0.25, 0.3) is 33.5 Å². The van der Waals surface area contributed by atoms with Crippen LogP contribution in [0.3, 0.4) is 0 Å². The summed E-state index contributed by atoms with van der Waals surface area (Å²) in [5.74, 6) is 0.207. The van der Waals surface area contributed by atoms with Crippen molar-refractivity contribution >= 4 is 39.7 Å². The molecule has 2 heterocycles. The van der Waals surface area contributed by atoms with Gasteiger partial charge >= 0.3 is 5.63 Å². The van der Waals surface area contributed by atoms with E-state index in [1.165, 1.54) is 11.9 Å². The first-order valence-electron chi connectivity index (χ1n) is 10.9. The Hall–Kier alpha value is -2.85. The molecule has 4 rings (SSSR count). The zero-order valence-corrected chi connectivity index (χ0v) is 19.5. The SMILES string of the molecule is CCN(CC)c1ccc2cc(-c3nc4ccc(SN(CCO)CCO)cc4o3)c(=O)oc2c1. The van der Waals surface area contributed by atoms with Crippen LogP contribution in [-0.2, 0) is 0 Å². The highest BCUT2D eigenvalue weighted by molar-refractivity contribution is 7.97. The van der Waals surface area contributed by atoms with E-state index in [0.29, 0.717) is 29.8 Å². The second kappa shape index (κ2) is 10.4. The molecule has 9 heteroatoms. The Balaban J connectivity index is 1.66. The van der Waals surface area contributed by atoms with Gasteiger partial charge in [-0.1, -0.05) is 0 Å². The molecular weight excluding hydrogens is 442 g/mol. The van der Waals surface area contributed by atoms with E-state index in [0.717, 1.165) is 29.1 Å². The molecule has 33 heavy (non-hydrogen) atoms. The van der Waals surface area contributed by atoms with E-state index in [1.54, 1.807) is 6.07 Å². The summed E-state index contributed by atoms with van der Waals surface area (Å²) in [6.07, 6.45) is 0. The fourth-order valence-corrected chi connectivity index (χ4v) is 4.62. The van der Waals surface area contributed by atoms with Crippen molar-refractivity contribution in [3.8, 4) is 11.5 Å². The van der Waals surface area contributed by atoms with Gasteiger partial charge in [0.05, 0.1) is 13.2 Å². The average Bonchev–Trinajstić information content (AvgIpc) is 3.23. The standard InChI is InChI=1S/C24H27N3O5S/c1-3-26(4-2)17-6-5-16-13-19(24(30)32-21(16)14-17)23-25-20-8-7-18(15-22(20)31-23)33-27(9-11-28)10-12-29/h5-8,13-15,28-29H,3-4,9-12H2,1-2H3. The maximum absolute atomic E-state index is 12.7. The largest absolute Gasteiger partial charge is 0.436 e. The zero-order chi connectivity index (χ0) is 23.4. The summed E-state index contributed by atoms with van der Waals surface area (Å²) in [6, 6.07) is 13.1. The molecule has 0 saturated carbocycles. The summed E-state index contributed by atoms with van der Waals surface area (Å²) in [4.78, 5) is 20.3. The summed E-state index contributed by atoms with van der Waals surface area (Å²) in [7, 11) is 0. The van der Waals surface area contributed by atoms with E-state index in [4.69, 9.17) is 8.83 Å². The Morgan fingerprint density at radius 3 is 2.39 bits per heavy atom. The molecule has 0 spiro atoms. The van der Waals surface area contributed by atoms with Crippen molar-refractivity contribution in [2.45, 2.75) is 18.7 Å². The molecule has 0 aliphatic rings. The van der Waals surface area contributed by atoms with Crippen LogP contribution in [-0.4, -0.2) is 58.9 Å². The van der Waals surface area contributed by atoms with Gasteiger partial charge in [-0.25, -0.2) is 14.1 Å². The van der Waals surface area contributed by atoms with Gasteiger partial charge in [0.1, 0.15) is 16.7 Å². The normalized spacial score (nSPS) is 11.7. The van der Waals surface area contributed by atoms with E-state index < -0.39 is 5.63 Å². The summed E-state index contributed by atoms with van der Waals surface area (Å²) < 4.78 is 13.4. The lowest BCUT2D eigenvalue weighted by atomic mass is 10.1. The highest BCUT2D eigenvalue weighted by Gasteiger charge is 2.16. The summed E-state index contributed by atoms with van der Waals surface area (Å²) >= 11 is 1.41. The molecule has 0 bridgehead atoms. The number of anilines is 1. The molecule has 0 aliphatic heterocycles. The molecule has 2 N–H and O–H groups in total. The predicted octanol–water partition coefficient (Wildman–Crippen LogP) is 3.74. The first-order valence-corrected chi connectivity index (χ1v) is 11.7. The van der Waals surface area contributed by atoms with Crippen LogP contribution in [0.15, 0.2) is 61.0 Å². The van der Waals surface area contributed by atoms with Gasteiger partial charge in [0.15, 0.2) is 5.58 Å². The van der Waals surface area contributed by atoms with E-state index >= 15 is 0 Å². The van der Waals surface area contributed by atoms with Gasteiger partial charge < -0.3 is 23.9 Å². The third-order valence-corrected chi connectivity index (χ3v) is 6.46. The summed E-state index contributed by atoms with van der Waals surface area (Å²) in [5.41, 5.74) is 2.46. The lowest BCUT2D eigenvalue weighted by Gasteiger charge is -2.20. The van der Waals surface area contributed by atoms with Gasteiger partial charge in [0, 0.05) is 48.2 Å². The molecule has 0 aliphatic carbocycles. The Bertz CT molecular complexity index is 1290. The lowest BCUT2D eigenvalue weighted by Crippen LogP contribution is -2.22. The van der Waals surface area contributed by atoms with Crippen LogP contribution in [0.4, 0.5) is 5.69 Å². The Kier molecular flexibility index (Phi) is 7.34. The minimum Gasteiger partial charge on any atom is -0.436 e. The first-order chi connectivity index (χ1) is 16.1. The van der Waals surface area contributed by atoms with Gasteiger partial charge in [0.25, 0.3) is 0 Å². The van der Waals surface area contributed by atoms with Gasteiger partial charge in [-0.15, -0.1) is 0 Å². The monoisotopic (exact) mass is 469 g/mol. The van der Waals surface area contributed by atoms with Gasteiger partial charge in [-0.05, 0) is 62.2 Å². The third kappa shape index (κ3) is 5.06.